The number of benzene rings is 2. The molecule has 2 saturated heterocycles. The maximum atomic E-state index is 12.4. The van der Waals surface area contributed by atoms with Crippen LogP contribution in [0.2, 0.25) is 0 Å². The molecular formula is C29H31N5O2. The minimum absolute atomic E-state index is 0.146. The summed E-state index contributed by atoms with van der Waals surface area (Å²) < 4.78 is 2.04. The highest BCUT2D eigenvalue weighted by Crippen LogP contribution is 2.38. The molecule has 2 aromatic carbocycles. The molecule has 7 heteroatoms. The molecule has 4 aromatic rings. The van der Waals surface area contributed by atoms with Crippen molar-refractivity contribution in [2.24, 2.45) is 0 Å². The first-order valence-corrected chi connectivity index (χ1v) is 12.7. The number of aromatic nitrogens is 3. The topological polar surface area (TPSA) is 96.8 Å². The van der Waals surface area contributed by atoms with Crippen LogP contribution >= 0.6 is 0 Å². The van der Waals surface area contributed by atoms with E-state index in [4.69, 9.17) is 10.7 Å². The van der Waals surface area contributed by atoms with E-state index in [1.807, 2.05) is 77.9 Å². The summed E-state index contributed by atoms with van der Waals surface area (Å²) in [7, 11) is 0. The second-order valence-corrected chi connectivity index (χ2v) is 10.4. The molecular weight excluding hydrogens is 450 g/mol. The molecule has 0 unspecified atom stereocenters. The number of anilines is 1. The fraction of sp³-hybridized carbons (Fsp3) is 0.345. The standard InChI is InChI=1S/C29H31N5O2/c1-18-4-3-5-22(16-18)29(2,36)21-9-6-19(7-10-21)25-26-27(30)31-14-15-33(26)28(32-25)20-8-11-23-12-13-24(35)34(23)17-20/h3-7,9-10,14-16,20,23,36H,8,11-13,17H2,1-2H3,(H2,30,31)/t20-,23+,29-/m1/s1. The quantitative estimate of drug-likeness (QED) is 0.450. The molecule has 6 rings (SSSR count). The van der Waals surface area contributed by atoms with E-state index in [0.717, 1.165) is 58.6 Å². The number of nitrogens with two attached hydrogens (primary N) is 1. The van der Waals surface area contributed by atoms with Crippen molar-refractivity contribution in [2.45, 2.75) is 57.1 Å². The molecule has 0 spiro atoms. The third kappa shape index (κ3) is 3.66. The van der Waals surface area contributed by atoms with Gasteiger partial charge in [0.1, 0.15) is 28.5 Å². The third-order valence-electron chi connectivity index (χ3n) is 7.99. The van der Waals surface area contributed by atoms with Crippen molar-refractivity contribution in [2.75, 3.05) is 12.3 Å². The number of amides is 1. The maximum absolute atomic E-state index is 12.4. The molecule has 2 fully saturated rings. The van der Waals surface area contributed by atoms with Crippen LogP contribution in [0, 0.1) is 6.92 Å². The Bertz CT molecular complexity index is 1460. The van der Waals surface area contributed by atoms with E-state index < -0.39 is 5.60 Å². The molecule has 2 aliphatic heterocycles. The molecule has 0 bridgehead atoms. The van der Waals surface area contributed by atoms with E-state index in [1.165, 1.54) is 0 Å². The average molecular weight is 482 g/mol. The van der Waals surface area contributed by atoms with E-state index in [1.54, 1.807) is 6.20 Å². The third-order valence-corrected chi connectivity index (χ3v) is 7.99. The Morgan fingerprint density at radius 3 is 2.67 bits per heavy atom. The predicted molar refractivity (Wildman–Crippen MR) is 139 cm³/mol. The van der Waals surface area contributed by atoms with Gasteiger partial charge in [0.05, 0.1) is 0 Å². The monoisotopic (exact) mass is 481 g/mol. The van der Waals surface area contributed by atoms with E-state index in [9.17, 15) is 9.90 Å². The second-order valence-electron chi connectivity index (χ2n) is 10.4. The van der Waals surface area contributed by atoms with Gasteiger partial charge in [0, 0.05) is 42.9 Å². The van der Waals surface area contributed by atoms with Crippen molar-refractivity contribution >= 4 is 17.2 Å². The van der Waals surface area contributed by atoms with Gasteiger partial charge in [0.2, 0.25) is 5.91 Å². The number of nitrogens with zero attached hydrogens (tertiary/aromatic N) is 4. The largest absolute Gasteiger partial charge is 0.382 e. The van der Waals surface area contributed by atoms with Gasteiger partial charge in [0.25, 0.3) is 0 Å². The lowest BCUT2D eigenvalue weighted by Crippen LogP contribution is -2.41. The van der Waals surface area contributed by atoms with Gasteiger partial charge in [-0.05, 0) is 44.2 Å². The average Bonchev–Trinajstić information content (AvgIpc) is 3.45. The lowest BCUT2D eigenvalue weighted by molar-refractivity contribution is -0.130. The summed E-state index contributed by atoms with van der Waals surface area (Å²) in [5, 5.41) is 11.3. The number of hydrogen-bond donors (Lipinski definition) is 2. The Labute approximate surface area is 210 Å². The highest BCUT2D eigenvalue weighted by atomic mass is 16.3. The van der Waals surface area contributed by atoms with E-state index in [2.05, 4.69) is 4.98 Å². The molecule has 0 radical (unpaired) electrons. The molecule has 2 aliphatic rings. The van der Waals surface area contributed by atoms with Crippen molar-refractivity contribution in [1.82, 2.24) is 19.3 Å². The van der Waals surface area contributed by atoms with Crippen LogP contribution in [0.5, 0.6) is 0 Å². The molecule has 2 aromatic heterocycles. The molecule has 3 N–H and O–H groups in total. The van der Waals surface area contributed by atoms with Gasteiger partial charge >= 0.3 is 0 Å². The number of carbonyl (C=O) groups is 1. The number of aliphatic hydroxyl groups is 1. The van der Waals surface area contributed by atoms with Gasteiger partial charge in [-0.2, -0.15) is 0 Å². The molecule has 4 heterocycles. The van der Waals surface area contributed by atoms with Crippen molar-refractivity contribution in [1.29, 1.82) is 0 Å². The number of hydrogen-bond acceptors (Lipinski definition) is 5. The van der Waals surface area contributed by atoms with E-state index >= 15 is 0 Å². The first-order valence-electron chi connectivity index (χ1n) is 12.7. The number of carbonyl (C=O) groups excluding carboxylic acids is 1. The summed E-state index contributed by atoms with van der Waals surface area (Å²) in [5.41, 5.74) is 10.5. The Balaban J connectivity index is 1.38. The lowest BCUT2D eigenvalue weighted by Gasteiger charge is -2.34. The van der Waals surface area contributed by atoms with Crippen molar-refractivity contribution in [3.8, 4) is 11.3 Å². The van der Waals surface area contributed by atoms with E-state index in [-0.39, 0.29) is 11.8 Å². The summed E-state index contributed by atoms with van der Waals surface area (Å²) in [4.78, 5) is 23.9. The fourth-order valence-electron chi connectivity index (χ4n) is 5.92. The first kappa shape index (κ1) is 22.7. The number of nitrogen functional groups attached to an aromatic ring is 1. The summed E-state index contributed by atoms with van der Waals surface area (Å²) in [6, 6.07) is 16.2. The second kappa shape index (κ2) is 8.45. The van der Waals surface area contributed by atoms with Crippen LogP contribution in [0.4, 0.5) is 5.82 Å². The number of imidazole rings is 1. The molecule has 36 heavy (non-hydrogen) atoms. The van der Waals surface area contributed by atoms with Gasteiger partial charge in [-0.25, -0.2) is 9.97 Å². The summed E-state index contributed by atoms with van der Waals surface area (Å²) in [6.07, 6.45) is 7.23. The lowest BCUT2D eigenvalue weighted by atomic mass is 9.87. The van der Waals surface area contributed by atoms with Gasteiger partial charge < -0.3 is 15.7 Å². The number of fused-ring (bicyclic) bond motifs is 2. The van der Waals surface area contributed by atoms with Crippen LogP contribution in [0.1, 0.15) is 61.0 Å². The van der Waals surface area contributed by atoms with Crippen LogP contribution in [0.3, 0.4) is 0 Å². The van der Waals surface area contributed by atoms with E-state index in [0.29, 0.717) is 24.8 Å². The van der Waals surface area contributed by atoms with Crippen LogP contribution in [0.15, 0.2) is 60.9 Å². The zero-order chi connectivity index (χ0) is 25.0. The Kier molecular flexibility index (Phi) is 5.34. The van der Waals surface area contributed by atoms with Gasteiger partial charge in [-0.15, -0.1) is 0 Å². The normalized spacial score (nSPS) is 21.5. The Morgan fingerprint density at radius 2 is 1.89 bits per heavy atom. The summed E-state index contributed by atoms with van der Waals surface area (Å²) in [5.74, 6) is 1.74. The summed E-state index contributed by atoms with van der Waals surface area (Å²) >= 11 is 0. The number of rotatable bonds is 4. The highest BCUT2D eigenvalue weighted by Gasteiger charge is 2.38. The zero-order valence-corrected chi connectivity index (χ0v) is 20.7. The van der Waals surface area contributed by atoms with Crippen LogP contribution in [-0.4, -0.2) is 42.9 Å². The summed E-state index contributed by atoms with van der Waals surface area (Å²) in [6.45, 7) is 4.54. The molecule has 1 amide bonds. The SMILES string of the molecule is Cc1cccc([C@](C)(O)c2ccc(-c3nc([C@@H]4CC[C@H]5CCC(=O)N5C4)n4ccnc(N)c34)cc2)c1. The minimum atomic E-state index is -1.12. The smallest absolute Gasteiger partial charge is 0.222 e. The molecule has 0 aliphatic carbocycles. The van der Waals surface area contributed by atoms with Crippen LogP contribution in [-0.2, 0) is 10.4 Å². The Hall–Kier alpha value is -3.71. The fourth-order valence-corrected chi connectivity index (χ4v) is 5.92. The van der Waals surface area contributed by atoms with Gasteiger partial charge in [0.15, 0.2) is 0 Å². The van der Waals surface area contributed by atoms with Crippen LogP contribution < -0.4 is 5.73 Å². The maximum Gasteiger partial charge on any atom is 0.222 e. The Morgan fingerprint density at radius 1 is 1.08 bits per heavy atom. The minimum Gasteiger partial charge on any atom is -0.382 e. The predicted octanol–water partition coefficient (Wildman–Crippen LogP) is 4.41. The van der Waals surface area contributed by atoms with Crippen molar-refractivity contribution < 1.29 is 9.90 Å². The van der Waals surface area contributed by atoms with Crippen molar-refractivity contribution in [3.63, 3.8) is 0 Å². The molecule has 7 nitrogen and oxygen atoms in total. The number of aryl methyl sites for hydroxylation is 1. The number of piperidine rings is 1. The highest BCUT2D eigenvalue weighted by molar-refractivity contribution is 5.85. The first-order chi connectivity index (χ1) is 17.3. The molecule has 0 saturated carbocycles. The zero-order valence-electron chi connectivity index (χ0n) is 20.7. The van der Waals surface area contributed by atoms with Gasteiger partial charge in [-0.3, -0.25) is 9.20 Å². The molecule has 184 valence electrons. The van der Waals surface area contributed by atoms with Crippen molar-refractivity contribution in [3.05, 3.63) is 83.4 Å². The van der Waals surface area contributed by atoms with Gasteiger partial charge in [-0.1, -0.05) is 54.1 Å². The molecule has 3 atom stereocenters. The van der Waals surface area contributed by atoms with Crippen LogP contribution in [0.25, 0.3) is 16.8 Å².